The van der Waals surface area contributed by atoms with Gasteiger partial charge in [0.2, 0.25) is 5.91 Å². The van der Waals surface area contributed by atoms with Crippen molar-refractivity contribution < 1.29 is 9.59 Å². The number of hydrogen-bond donors (Lipinski definition) is 1. The molecule has 1 N–H and O–H groups in total. The van der Waals surface area contributed by atoms with Crippen molar-refractivity contribution in [2.75, 3.05) is 26.4 Å². The van der Waals surface area contributed by atoms with Crippen molar-refractivity contribution >= 4 is 35.1 Å². The molecule has 9 heteroatoms. The first kappa shape index (κ1) is 25.0. The Morgan fingerprint density at radius 3 is 2.36 bits per heavy atom. The molecule has 1 heterocycles. The van der Waals surface area contributed by atoms with Gasteiger partial charge in [-0.1, -0.05) is 47.6 Å². The van der Waals surface area contributed by atoms with Gasteiger partial charge < -0.3 is 5.32 Å². The van der Waals surface area contributed by atoms with Crippen molar-refractivity contribution in [3.8, 4) is 5.69 Å². The van der Waals surface area contributed by atoms with E-state index in [4.69, 9.17) is 11.6 Å². The molecule has 1 atom stereocenters. The van der Waals surface area contributed by atoms with Crippen LogP contribution in [0.25, 0.3) is 5.69 Å². The quantitative estimate of drug-likeness (QED) is 0.342. The summed E-state index contributed by atoms with van der Waals surface area (Å²) in [5, 5.41) is 12.9. The zero-order valence-electron chi connectivity index (χ0n) is 19.2. The molecule has 0 fully saturated rings. The number of halogens is 1. The Morgan fingerprint density at radius 2 is 1.76 bits per heavy atom. The lowest BCUT2D eigenvalue weighted by atomic mass is 10.1. The highest BCUT2D eigenvalue weighted by Gasteiger charge is 2.21. The Hall–Kier alpha value is -2.68. The van der Waals surface area contributed by atoms with Crippen LogP contribution in [0.3, 0.4) is 0 Å². The molecule has 0 saturated carbocycles. The SMILES string of the molecule is CC(=O)NCCc1ccc(C(=O)CSc2nnc(C(C)N(C)C)n2-c2ccc(Cl)cc2)cc1. The Balaban J connectivity index is 1.73. The van der Waals surface area contributed by atoms with Gasteiger partial charge in [0.05, 0.1) is 11.8 Å². The molecule has 1 unspecified atom stereocenters. The van der Waals surface area contributed by atoms with E-state index in [2.05, 4.69) is 27.3 Å². The predicted octanol–water partition coefficient (Wildman–Crippen LogP) is 4.20. The molecule has 0 aliphatic heterocycles. The van der Waals surface area contributed by atoms with Gasteiger partial charge >= 0.3 is 0 Å². The highest BCUT2D eigenvalue weighted by molar-refractivity contribution is 7.99. The summed E-state index contributed by atoms with van der Waals surface area (Å²) in [4.78, 5) is 25.9. The first-order valence-electron chi connectivity index (χ1n) is 10.6. The number of amides is 1. The second-order valence-corrected chi connectivity index (χ2v) is 9.31. The topological polar surface area (TPSA) is 80.1 Å². The van der Waals surface area contributed by atoms with Crippen molar-refractivity contribution in [1.29, 1.82) is 0 Å². The van der Waals surface area contributed by atoms with Gasteiger partial charge in [0.1, 0.15) is 0 Å². The largest absolute Gasteiger partial charge is 0.356 e. The van der Waals surface area contributed by atoms with E-state index in [1.165, 1.54) is 18.7 Å². The lowest BCUT2D eigenvalue weighted by molar-refractivity contribution is -0.118. The van der Waals surface area contributed by atoms with Gasteiger partial charge in [-0.15, -0.1) is 10.2 Å². The summed E-state index contributed by atoms with van der Waals surface area (Å²) in [6.45, 7) is 4.13. The summed E-state index contributed by atoms with van der Waals surface area (Å²) >= 11 is 7.43. The van der Waals surface area contributed by atoms with Crippen molar-refractivity contribution in [2.24, 2.45) is 0 Å². The van der Waals surface area contributed by atoms with E-state index in [0.29, 0.717) is 22.3 Å². The number of aromatic nitrogens is 3. The molecule has 0 bridgehead atoms. The number of ketones is 1. The third-order valence-corrected chi connectivity index (χ3v) is 6.47. The van der Waals surface area contributed by atoms with Crippen molar-refractivity contribution in [1.82, 2.24) is 25.0 Å². The summed E-state index contributed by atoms with van der Waals surface area (Å²) < 4.78 is 1.98. The van der Waals surface area contributed by atoms with E-state index < -0.39 is 0 Å². The van der Waals surface area contributed by atoms with E-state index in [0.717, 1.165) is 23.5 Å². The van der Waals surface area contributed by atoms with Crippen LogP contribution in [0.15, 0.2) is 53.7 Å². The minimum atomic E-state index is -0.0478. The molecule has 0 aliphatic carbocycles. The van der Waals surface area contributed by atoms with Crippen molar-refractivity contribution in [3.05, 3.63) is 70.5 Å². The van der Waals surface area contributed by atoms with E-state index >= 15 is 0 Å². The first-order chi connectivity index (χ1) is 15.8. The average Bonchev–Trinajstić information content (AvgIpc) is 3.21. The van der Waals surface area contributed by atoms with Crippen LogP contribution in [0.1, 0.15) is 41.6 Å². The zero-order chi connectivity index (χ0) is 24.0. The molecule has 0 spiro atoms. The van der Waals surface area contributed by atoms with Crippen LogP contribution in [-0.2, 0) is 11.2 Å². The van der Waals surface area contributed by atoms with Crippen LogP contribution >= 0.6 is 23.4 Å². The number of rotatable bonds is 10. The van der Waals surface area contributed by atoms with E-state index in [-0.39, 0.29) is 23.5 Å². The maximum Gasteiger partial charge on any atom is 0.216 e. The molecule has 3 rings (SSSR count). The standard InChI is InChI=1S/C24H28ClN5O2S/c1-16(29(3)4)23-27-28-24(30(23)21-11-9-20(25)10-12-21)33-15-22(32)19-7-5-18(6-8-19)13-14-26-17(2)31/h5-12,16H,13-15H2,1-4H3,(H,26,31). The number of Topliss-reactive ketones (excluding diaryl/α,β-unsaturated/α-hetero) is 1. The van der Waals surface area contributed by atoms with Gasteiger partial charge in [-0.05, 0) is 57.3 Å². The van der Waals surface area contributed by atoms with Gasteiger partial charge in [0.15, 0.2) is 16.8 Å². The van der Waals surface area contributed by atoms with Crippen LogP contribution < -0.4 is 5.32 Å². The Kier molecular flexibility index (Phi) is 8.66. The van der Waals surface area contributed by atoms with E-state index in [1.807, 2.05) is 67.2 Å². The van der Waals surface area contributed by atoms with Gasteiger partial charge in [-0.25, -0.2) is 0 Å². The molecule has 2 aromatic carbocycles. The number of carbonyl (C=O) groups is 2. The molecule has 0 aliphatic rings. The second kappa shape index (κ2) is 11.4. The van der Waals surface area contributed by atoms with Crippen molar-refractivity contribution in [2.45, 2.75) is 31.5 Å². The monoisotopic (exact) mass is 485 g/mol. The molecular weight excluding hydrogens is 458 g/mol. The molecule has 3 aromatic rings. The number of thioether (sulfide) groups is 1. The maximum absolute atomic E-state index is 12.8. The highest BCUT2D eigenvalue weighted by Crippen LogP contribution is 2.28. The number of nitrogens with zero attached hydrogens (tertiary/aromatic N) is 4. The normalized spacial score (nSPS) is 12.1. The smallest absolute Gasteiger partial charge is 0.216 e. The Bertz CT molecular complexity index is 1100. The minimum Gasteiger partial charge on any atom is -0.356 e. The summed E-state index contributed by atoms with van der Waals surface area (Å²) in [5.74, 6) is 1.00. The highest BCUT2D eigenvalue weighted by atomic mass is 35.5. The minimum absolute atomic E-state index is 0.0151. The first-order valence-corrected chi connectivity index (χ1v) is 12.0. The molecule has 7 nitrogen and oxygen atoms in total. The fourth-order valence-electron chi connectivity index (χ4n) is 3.16. The van der Waals surface area contributed by atoms with Crippen LogP contribution in [-0.4, -0.2) is 57.7 Å². The third-order valence-electron chi connectivity index (χ3n) is 5.29. The fraction of sp³-hybridized carbons (Fsp3) is 0.333. The van der Waals surface area contributed by atoms with E-state index in [9.17, 15) is 9.59 Å². The molecule has 174 valence electrons. The maximum atomic E-state index is 12.8. The van der Waals surface area contributed by atoms with Gasteiger partial charge in [0.25, 0.3) is 0 Å². The lowest BCUT2D eigenvalue weighted by Gasteiger charge is -2.20. The summed E-state index contributed by atoms with van der Waals surface area (Å²) in [5.41, 5.74) is 2.61. The van der Waals surface area contributed by atoms with Crippen LogP contribution in [0.5, 0.6) is 0 Å². The average molecular weight is 486 g/mol. The number of benzene rings is 2. The Labute approximate surface area is 203 Å². The van der Waals surface area contributed by atoms with Crippen molar-refractivity contribution in [3.63, 3.8) is 0 Å². The third kappa shape index (κ3) is 6.66. The summed E-state index contributed by atoms with van der Waals surface area (Å²) in [6.07, 6.45) is 0.722. The number of carbonyl (C=O) groups excluding carboxylic acids is 2. The Morgan fingerprint density at radius 1 is 1.09 bits per heavy atom. The number of hydrogen-bond acceptors (Lipinski definition) is 6. The molecule has 33 heavy (non-hydrogen) atoms. The van der Waals surface area contributed by atoms with E-state index in [1.54, 1.807) is 0 Å². The zero-order valence-corrected chi connectivity index (χ0v) is 20.8. The summed E-state index contributed by atoms with van der Waals surface area (Å²) in [7, 11) is 3.98. The van der Waals surface area contributed by atoms with Crippen LogP contribution in [0, 0.1) is 0 Å². The molecule has 0 radical (unpaired) electrons. The molecule has 1 amide bonds. The molecule has 1 aromatic heterocycles. The van der Waals surface area contributed by atoms with Gasteiger partial charge in [-0.3, -0.25) is 19.1 Å². The predicted molar refractivity (Wildman–Crippen MR) is 132 cm³/mol. The van der Waals surface area contributed by atoms with Gasteiger partial charge in [0, 0.05) is 29.7 Å². The summed E-state index contributed by atoms with van der Waals surface area (Å²) in [6, 6.07) is 15.0. The van der Waals surface area contributed by atoms with Crippen LogP contribution in [0.4, 0.5) is 0 Å². The van der Waals surface area contributed by atoms with Gasteiger partial charge in [-0.2, -0.15) is 0 Å². The molecular formula is C24H28ClN5O2S. The second-order valence-electron chi connectivity index (χ2n) is 7.93. The molecule has 0 saturated heterocycles. The number of nitrogens with one attached hydrogen (secondary N) is 1. The lowest BCUT2D eigenvalue weighted by Crippen LogP contribution is -2.22. The van der Waals surface area contributed by atoms with Crippen LogP contribution in [0.2, 0.25) is 5.02 Å². The fourth-order valence-corrected chi connectivity index (χ4v) is 4.14.